The van der Waals surface area contributed by atoms with Crippen LogP contribution in [0.2, 0.25) is 0 Å². The van der Waals surface area contributed by atoms with Crippen molar-refractivity contribution in [3.05, 3.63) is 84.6 Å². The van der Waals surface area contributed by atoms with Gasteiger partial charge in [-0.3, -0.25) is 0 Å². The van der Waals surface area contributed by atoms with Crippen LogP contribution < -0.4 is 16.3 Å². The van der Waals surface area contributed by atoms with E-state index in [9.17, 15) is 4.57 Å². The predicted molar refractivity (Wildman–Crippen MR) is 89.6 cm³/mol. The van der Waals surface area contributed by atoms with Crippen molar-refractivity contribution in [1.82, 2.24) is 0 Å². The summed E-state index contributed by atoms with van der Waals surface area (Å²) in [6.45, 7) is 0. The number of hydrogen-bond acceptors (Lipinski definition) is 2. The first-order valence-electron chi connectivity index (χ1n) is 7.06. The van der Waals surface area contributed by atoms with Crippen LogP contribution in [-0.2, 0) is 4.57 Å². The highest BCUT2D eigenvalue weighted by Gasteiger charge is 2.35. The maximum Gasteiger partial charge on any atom is 0.150 e. The minimum absolute atomic E-state index is 0.0328. The summed E-state index contributed by atoms with van der Waals surface area (Å²) in [7, 11) is -2.71. The molecule has 0 saturated carbocycles. The van der Waals surface area contributed by atoms with E-state index in [0.29, 0.717) is 6.42 Å². The number of nitrogens with two attached hydrogens (primary N) is 1. The molecule has 0 amide bonds. The van der Waals surface area contributed by atoms with Gasteiger partial charge in [-0.15, -0.1) is 0 Å². The van der Waals surface area contributed by atoms with Gasteiger partial charge in [0.1, 0.15) is 7.14 Å². The van der Waals surface area contributed by atoms with Crippen molar-refractivity contribution in [2.75, 3.05) is 0 Å². The predicted octanol–water partition coefficient (Wildman–Crippen LogP) is 3.17. The lowest BCUT2D eigenvalue weighted by molar-refractivity contribution is 0.582. The smallest absolute Gasteiger partial charge is 0.150 e. The van der Waals surface area contributed by atoms with Crippen LogP contribution in [0.1, 0.15) is 6.42 Å². The standard InChI is InChI=1S/C18H18NOP/c19-15-11-13-18(14-12-15)21(20,16-7-3-1-4-8-16)17-9-5-2-6-10-17/h1-13,18H,14,19H2. The van der Waals surface area contributed by atoms with E-state index in [4.69, 9.17) is 5.73 Å². The van der Waals surface area contributed by atoms with E-state index in [1.54, 1.807) is 0 Å². The van der Waals surface area contributed by atoms with Crippen LogP contribution in [0.3, 0.4) is 0 Å². The van der Waals surface area contributed by atoms with Gasteiger partial charge < -0.3 is 10.3 Å². The Bertz CT molecular complexity index is 676. The second-order valence-corrected chi connectivity index (χ2v) is 8.21. The summed E-state index contributed by atoms with van der Waals surface area (Å²) in [5, 5.41) is 1.81. The van der Waals surface area contributed by atoms with Crippen molar-refractivity contribution < 1.29 is 4.57 Å². The molecule has 0 bridgehead atoms. The lowest BCUT2D eigenvalue weighted by atomic mass is 10.1. The summed E-state index contributed by atoms with van der Waals surface area (Å²) in [4.78, 5) is 0. The number of hydrogen-bond donors (Lipinski definition) is 1. The molecule has 21 heavy (non-hydrogen) atoms. The van der Waals surface area contributed by atoms with E-state index in [1.165, 1.54) is 0 Å². The Morgan fingerprint density at radius 3 is 1.86 bits per heavy atom. The maximum atomic E-state index is 14.0. The molecule has 1 aliphatic carbocycles. The lowest BCUT2D eigenvalue weighted by Crippen LogP contribution is -2.25. The fraction of sp³-hybridized carbons (Fsp3) is 0.111. The van der Waals surface area contributed by atoms with Gasteiger partial charge in [0.15, 0.2) is 0 Å². The van der Waals surface area contributed by atoms with Crippen LogP contribution >= 0.6 is 7.14 Å². The van der Waals surface area contributed by atoms with Gasteiger partial charge >= 0.3 is 0 Å². The van der Waals surface area contributed by atoms with E-state index in [-0.39, 0.29) is 5.66 Å². The first-order valence-corrected chi connectivity index (χ1v) is 8.83. The van der Waals surface area contributed by atoms with Crippen LogP contribution in [0.15, 0.2) is 84.6 Å². The highest BCUT2D eigenvalue weighted by molar-refractivity contribution is 7.79. The molecule has 2 nitrogen and oxygen atoms in total. The Morgan fingerprint density at radius 1 is 0.905 bits per heavy atom. The molecule has 0 aromatic heterocycles. The van der Waals surface area contributed by atoms with E-state index < -0.39 is 7.14 Å². The lowest BCUT2D eigenvalue weighted by Gasteiger charge is -2.27. The van der Waals surface area contributed by atoms with Gasteiger partial charge in [0.2, 0.25) is 0 Å². The fourth-order valence-electron chi connectivity index (χ4n) is 2.73. The van der Waals surface area contributed by atoms with Crippen LogP contribution in [0.4, 0.5) is 0 Å². The second kappa shape index (κ2) is 5.75. The average molecular weight is 295 g/mol. The molecule has 3 rings (SSSR count). The molecule has 0 fully saturated rings. The SMILES string of the molecule is NC1=CCC(P(=O)(c2ccccc2)c2ccccc2)C=C1. The molecule has 3 heteroatoms. The van der Waals surface area contributed by atoms with Crippen LogP contribution in [0.25, 0.3) is 0 Å². The maximum absolute atomic E-state index is 14.0. The van der Waals surface area contributed by atoms with Gasteiger partial charge in [0.05, 0.1) is 0 Å². The van der Waals surface area contributed by atoms with Crippen LogP contribution in [0, 0.1) is 0 Å². The summed E-state index contributed by atoms with van der Waals surface area (Å²) in [5.74, 6) is 0. The van der Waals surface area contributed by atoms with Gasteiger partial charge in [-0.25, -0.2) is 0 Å². The Morgan fingerprint density at radius 2 is 1.43 bits per heavy atom. The molecule has 2 N–H and O–H groups in total. The second-order valence-electron chi connectivity index (χ2n) is 5.20. The first-order chi connectivity index (χ1) is 10.2. The largest absolute Gasteiger partial charge is 0.399 e. The van der Waals surface area contributed by atoms with Gasteiger partial charge in [-0.1, -0.05) is 72.8 Å². The molecule has 0 spiro atoms. The third-order valence-corrected chi connectivity index (χ3v) is 7.30. The molecule has 2 aromatic rings. The van der Waals surface area contributed by atoms with E-state index in [0.717, 1.165) is 16.3 Å². The van der Waals surface area contributed by atoms with Crippen molar-refractivity contribution in [2.24, 2.45) is 5.73 Å². The topological polar surface area (TPSA) is 43.1 Å². The third-order valence-electron chi connectivity index (χ3n) is 3.85. The molecule has 0 aliphatic heterocycles. The van der Waals surface area contributed by atoms with Crippen molar-refractivity contribution in [3.8, 4) is 0 Å². The molecule has 1 unspecified atom stereocenters. The van der Waals surface area contributed by atoms with Gasteiger partial charge in [0, 0.05) is 22.0 Å². The fourth-order valence-corrected chi connectivity index (χ4v) is 5.75. The molecule has 1 atom stereocenters. The summed E-state index contributed by atoms with van der Waals surface area (Å²) < 4.78 is 14.0. The van der Waals surface area contributed by atoms with Gasteiger partial charge in [-0.2, -0.15) is 0 Å². The highest BCUT2D eigenvalue weighted by Crippen LogP contribution is 2.51. The van der Waals surface area contributed by atoms with Gasteiger partial charge in [0.25, 0.3) is 0 Å². The van der Waals surface area contributed by atoms with Crippen LogP contribution in [-0.4, -0.2) is 5.66 Å². The van der Waals surface area contributed by atoms with E-state index in [1.807, 2.05) is 78.9 Å². The van der Waals surface area contributed by atoms with E-state index in [2.05, 4.69) is 0 Å². The monoisotopic (exact) mass is 295 g/mol. The van der Waals surface area contributed by atoms with Crippen molar-refractivity contribution >= 4 is 17.8 Å². The van der Waals surface area contributed by atoms with E-state index >= 15 is 0 Å². The molecule has 0 saturated heterocycles. The molecule has 106 valence electrons. The summed E-state index contributed by atoms with van der Waals surface area (Å²) >= 11 is 0. The Hall–Kier alpha value is -2.05. The molecule has 0 heterocycles. The quantitative estimate of drug-likeness (QED) is 0.884. The number of rotatable bonds is 3. The van der Waals surface area contributed by atoms with Crippen molar-refractivity contribution in [3.63, 3.8) is 0 Å². The Labute approximate surface area is 125 Å². The zero-order valence-electron chi connectivity index (χ0n) is 11.7. The van der Waals surface area contributed by atoms with Crippen LogP contribution in [0.5, 0.6) is 0 Å². The molecule has 1 aliphatic rings. The summed E-state index contributed by atoms with van der Waals surface area (Å²) in [5.41, 5.74) is 6.52. The van der Waals surface area contributed by atoms with Crippen molar-refractivity contribution in [2.45, 2.75) is 12.1 Å². The van der Waals surface area contributed by atoms with Crippen molar-refractivity contribution in [1.29, 1.82) is 0 Å². The Kier molecular flexibility index (Phi) is 3.81. The molecule has 0 radical (unpaired) electrons. The Balaban J connectivity index is 2.13. The minimum atomic E-state index is -2.71. The highest BCUT2D eigenvalue weighted by atomic mass is 31.2. The number of allylic oxidation sites excluding steroid dienone is 3. The molecular formula is C18H18NOP. The molecule has 2 aromatic carbocycles. The minimum Gasteiger partial charge on any atom is -0.399 e. The third kappa shape index (κ3) is 2.59. The van der Waals surface area contributed by atoms with Gasteiger partial charge in [-0.05, 0) is 12.5 Å². The first kappa shape index (κ1) is 13.9. The normalized spacial score (nSPS) is 18.3. The summed E-state index contributed by atoms with van der Waals surface area (Å²) in [6.07, 6.45) is 6.54. The number of benzene rings is 2. The zero-order valence-corrected chi connectivity index (χ0v) is 12.6. The summed E-state index contributed by atoms with van der Waals surface area (Å²) in [6, 6.07) is 19.5. The zero-order chi connectivity index (χ0) is 14.7. The molecular weight excluding hydrogens is 277 g/mol. The average Bonchev–Trinajstić information content (AvgIpc) is 2.56.